The largest absolute Gasteiger partial charge is 0.361 e. The fourth-order valence-corrected chi connectivity index (χ4v) is 3.58. The number of aromatic nitrogens is 1. The molecule has 1 aromatic heterocycles. The fraction of sp³-hybridized carbons (Fsp3) is 0.474. The van der Waals surface area contributed by atoms with Crippen LogP contribution in [0.15, 0.2) is 30.5 Å². The molecular weight excluding hydrogens is 313 g/mol. The third-order valence-electron chi connectivity index (χ3n) is 5.43. The van der Waals surface area contributed by atoms with E-state index in [2.05, 4.69) is 10.3 Å². The van der Waals surface area contributed by atoms with E-state index in [1.54, 1.807) is 0 Å². The second-order valence-electron chi connectivity index (χ2n) is 7.39. The third kappa shape index (κ3) is 3.79. The summed E-state index contributed by atoms with van der Waals surface area (Å²) in [4.78, 5) is 27.9. The van der Waals surface area contributed by atoms with Gasteiger partial charge in [0.05, 0.1) is 11.7 Å². The molecule has 1 aromatic carbocycles. The Labute approximate surface area is 149 Å². The van der Waals surface area contributed by atoms with Crippen molar-refractivity contribution < 1.29 is 9.59 Å². The molecule has 3 rings (SSSR count). The van der Waals surface area contributed by atoms with Gasteiger partial charge in [-0.2, -0.15) is 0 Å². The normalized spacial score (nSPS) is 24.8. The molecule has 1 aliphatic carbocycles. The van der Waals surface area contributed by atoms with Gasteiger partial charge >= 0.3 is 0 Å². The summed E-state index contributed by atoms with van der Waals surface area (Å²) in [5, 5.41) is 3.92. The number of hydrogen-bond acceptors (Lipinski definition) is 3. The summed E-state index contributed by atoms with van der Waals surface area (Å²) in [5.41, 5.74) is 6.91. The van der Waals surface area contributed by atoms with Crippen molar-refractivity contribution in [2.75, 3.05) is 0 Å². The zero-order valence-corrected chi connectivity index (χ0v) is 14.5. The van der Waals surface area contributed by atoms with Gasteiger partial charge in [0.1, 0.15) is 0 Å². The highest BCUT2D eigenvalue weighted by atomic mass is 16.2. The lowest BCUT2D eigenvalue weighted by Gasteiger charge is -2.35. The summed E-state index contributed by atoms with van der Waals surface area (Å²) >= 11 is 0. The van der Waals surface area contributed by atoms with Crippen molar-refractivity contribution in [3.05, 3.63) is 36.0 Å². The molecule has 1 atom stereocenters. The fourth-order valence-electron chi connectivity index (χ4n) is 3.58. The van der Waals surface area contributed by atoms with Crippen LogP contribution in [0.4, 0.5) is 0 Å². The van der Waals surface area contributed by atoms with Crippen LogP contribution in [0, 0.1) is 5.41 Å². The second kappa shape index (κ2) is 7.04. The van der Waals surface area contributed by atoms with E-state index in [0.717, 1.165) is 42.1 Å². The maximum atomic E-state index is 12.8. The second-order valence-corrected chi connectivity index (χ2v) is 7.39. The Bertz CT molecular complexity index is 778. The molecule has 1 amide bonds. The number of hydrogen-bond donors (Lipinski definition) is 3. The number of nitrogens with one attached hydrogen (secondary N) is 2. The lowest BCUT2D eigenvalue weighted by molar-refractivity contribution is -0.134. The van der Waals surface area contributed by atoms with Crippen LogP contribution in [0.1, 0.15) is 38.2 Å². The molecular formula is C19H24BN3O2. The quantitative estimate of drug-likeness (QED) is 0.727. The van der Waals surface area contributed by atoms with Gasteiger partial charge in [0.15, 0.2) is 7.85 Å². The number of aromatic amines is 1. The Balaban J connectivity index is 1.73. The molecule has 2 aromatic rings. The number of carbonyl (C=O) groups excluding carboxylic acids is 2. The summed E-state index contributed by atoms with van der Waals surface area (Å²) < 4.78 is 0. The topological polar surface area (TPSA) is 88.0 Å². The first kappa shape index (κ1) is 17.7. The minimum Gasteiger partial charge on any atom is -0.361 e. The van der Waals surface area contributed by atoms with Crippen LogP contribution in [0.3, 0.4) is 0 Å². The molecule has 0 aliphatic heterocycles. The van der Waals surface area contributed by atoms with Crippen molar-refractivity contribution in [1.82, 2.24) is 10.3 Å². The van der Waals surface area contributed by atoms with Crippen molar-refractivity contribution in [2.24, 2.45) is 11.1 Å². The van der Waals surface area contributed by atoms with Crippen LogP contribution >= 0.6 is 0 Å². The molecule has 1 saturated carbocycles. The van der Waals surface area contributed by atoms with Crippen molar-refractivity contribution in [1.29, 1.82) is 0 Å². The van der Waals surface area contributed by atoms with Crippen molar-refractivity contribution in [3.8, 4) is 0 Å². The standard InChI is InChI=1S/C19H24BN3O2/c1-19(8-6-13(21)7-9-19)18(25)23-16(17(20)24)10-12-11-22-15-5-3-2-4-14(12)15/h2-5,11,13,16,22H,6-10,21H2,1H3,(H,23,25)/t13?,16-,19?/m1/s1. The maximum absolute atomic E-state index is 12.8. The summed E-state index contributed by atoms with van der Waals surface area (Å²) in [6, 6.07) is 7.31. The Kier molecular flexibility index (Phi) is 5.00. The van der Waals surface area contributed by atoms with Crippen LogP contribution in [0.5, 0.6) is 0 Å². The molecule has 1 fully saturated rings. The van der Waals surface area contributed by atoms with E-state index < -0.39 is 17.1 Å². The Hall–Kier alpha value is -2.08. The van der Waals surface area contributed by atoms with E-state index in [1.807, 2.05) is 37.4 Å². The van der Waals surface area contributed by atoms with E-state index in [1.165, 1.54) is 0 Å². The zero-order chi connectivity index (χ0) is 18.0. The molecule has 4 N–H and O–H groups in total. The minimum atomic E-state index is -0.723. The van der Waals surface area contributed by atoms with Crippen LogP contribution in [-0.4, -0.2) is 36.5 Å². The molecule has 6 heteroatoms. The van der Waals surface area contributed by atoms with Crippen LogP contribution < -0.4 is 11.1 Å². The van der Waals surface area contributed by atoms with E-state index in [9.17, 15) is 9.59 Å². The monoisotopic (exact) mass is 337 g/mol. The summed E-state index contributed by atoms with van der Waals surface area (Å²) in [7, 11) is 5.56. The summed E-state index contributed by atoms with van der Waals surface area (Å²) in [5.74, 6) is -0.108. The minimum absolute atomic E-state index is 0.108. The van der Waals surface area contributed by atoms with E-state index in [-0.39, 0.29) is 11.9 Å². The molecule has 5 nitrogen and oxygen atoms in total. The molecule has 0 unspecified atom stereocenters. The molecule has 2 radical (unpaired) electrons. The van der Waals surface area contributed by atoms with Crippen LogP contribution in [0.25, 0.3) is 10.9 Å². The SMILES string of the molecule is [B]C(=O)[C@@H](Cc1c[nH]c2ccccc12)NC(=O)C1(C)CCC(N)CC1. The highest BCUT2D eigenvalue weighted by molar-refractivity contribution is 6.59. The number of H-pyrrole nitrogens is 1. The number of fused-ring (bicyclic) bond motifs is 1. The van der Waals surface area contributed by atoms with Crippen molar-refractivity contribution in [3.63, 3.8) is 0 Å². The average Bonchev–Trinajstić information content (AvgIpc) is 3.00. The number of nitrogens with two attached hydrogens (primary N) is 1. The van der Waals surface area contributed by atoms with Gasteiger partial charge in [-0.3, -0.25) is 4.79 Å². The molecule has 0 saturated heterocycles. The highest BCUT2D eigenvalue weighted by Crippen LogP contribution is 2.35. The van der Waals surface area contributed by atoms with Crippen LogP contribution in [0.2, 0.25) is 0 Å². The first-order chi connectivity index (χ1) is 11.9. The number of carbonyl (C=O) groups is 2. The van der Waals surface area contributed by atoms with E-state index in [4.69, 9.17) is 13.6 Å². The molecule has 25 heavy (non-hydrogen) atoms. The van der Waals surface area contributed by atoms with Gasteiger partial charge in [0.2, 0.25) is 5.91 Å². The Morgan fingerprint density at radius 3 is 2.72 bits per heavy atom. The number of amides is 1. The van der Waals surface area contributed by atoms with Gasteiger partial charge in [-0.15, -0.1) is 0 Å². The van der Waals surface area contributed by atoms with Gasteiger partial charge in [-0.05, 0) is 37.3 Å². The summed E-state index contributed by atoms with van der Waals surface area (Å²) in [6.07, 6.45) is 5.37. The number of rotatable bonds is 5. The van der Waals surface area contributed by atoms with Crippen LogP contribution in [-0.2, 0) is 16.0 Å². The van der Waals surface area contributed by atoms with Crippen molar-refractivity contribution >= 4 is 30.3 Å². The third-order valence-corrected chi connectivity index (χ3v) is 5.43. The molecule has 1 heterocycles. The number of para-hydroxylation sites is 1. The first-order valence-electron chi connectivity index (χ1n) is 8.80. The smallest absolute Gasteiger partial charge is 0.226 e. The van der Waals surface area contributed by atoms with Gasteiger partial charge in [-0.25, -0.2) is 0 Å². The zero-order valence-electron chi connectivity index (χ0n) is 14.5. The Morgan fingerprint density at radius 2 is 2.04 bits per heavy atom. The van der Waals surface area contributed by atoms with Gasteiger partial charge in [0.25, 0.3) is 0 Å². The van der Waals surface area contributed by atoms with E-state index >= 15 is 0 Å². The summed E-state index contributed by atoms with van der Waals surface area (Å²) in [6.45, 7) is 1.94. The van der Waals surface area contributed by atoms with Crippen molar-refractivity contribution in [2.45, 2.75) is 51.1 Å². The highest BCUT2D eigenvalue weighted by Gasteiger charge is 2.37. The van der Waals surface area contributed by atoms with E-state index in [0.29, 0.717) is 6.42 Å². The lowest BCUT2D eigenvalue weighted by atomic mass is 9.73. The van der Waals surface area contributed by atoms with Gasteiger partial charge < -0.3 is 20.8 Å². The first-order valence-corrected chi connectivity index (χ1v) is 8.80. The molecule has 0 bridgehead atoms. The molecule has 130 valence electrons. The van der Waals surface area contributed by atoms with Gasteiger partial charge in [-0.1, -0.05) is 25.1 Å². The average molecular weight is 337 g/mol. The van der Waals surface area contributed by atoms with Gasteiger partial charge in [0, 0.05) is 35.0 Å². The predicted octanol–water partition coefficient (Wildman–Crippen LogP) is 1.80. The lowest BCUT2D eigenvalue weighted by Crippen LogP contribution is -2.50. The molecule has 0 spiro atoms. The number of benzene rings is 1. The maximum Gasteiger partial charge on any atom is 0.226 e. The Morgan fingerprint density at radius 1 is 1.36 bits per heavy atom. The predicted molar refractivity (Wildman–Crippen MR) is 99.2 cm³/mol. The molecule has 1 aliphatic rings.